The Balaban J connectivity index is 3.11. The van der Waals surface area contributed by atoms with Crippen molar-refractivity contribution < 1.29 is 4.79 Å². The third-order valence-electron chi connectivity index (χ3n) is 2.46. The van der Waals surface area contributed by atoms with Crippen molar-refractivity contribution in [1.29, 1.82) is 0 Å². The van der Waals surface area contributed by atoms with Gasteiger partial charge in [-0.25, -0.2) is 0 Å². The van der Waals surface area contributed by atoms with Gasteiger partial charge in [0.2, 0.25) is 5.91 Å². The average Bonchev–Trinajstić information content (AvgIpc) is 2.24. The molecule has 0 aliphatic carbocycles. The molecule has 3 nitrogen and oxygen atoms in total. The van der Waals surface area contributed by atoms with Gasteiger partial charge in [0.25, 0.3) is 0 Å². The fourth-order valence-corrected chi connectivity index (χ4v) is 1.47. The molecule has 0 saturated heterocycles. The Morgan fingerprint density at radius 1 is 1.07 bits per heavy atom. The van der Waals surface area contributed by atoms with Crippen LogP contribution < -0.4 is 11.1 Å². The van der Waals surface area contributed by atoms with Crippen molar-refractivity contribution in [2.45, 2.75) is 58.3 Å². The number of hydrogen-bond acceptors (Lipinski definition) is 2. The predicted molar refractivity (Wildman–Crippen MR) is 64.7 cm³/mol. The Bertz CT molecular complexity index is 149. The van der Waals surface area contributed by atoms with Gasteiger partial charge >= 0.3 is 0 Å². The van der Waals surface area contributed by atoms with Crippen molar-refractivity contribution in [1.82, 2.24) is 5.32 Å². The van der Waals surface area contributed by atoms with Gasteiger partial charge in [-0.1, -0.05) is 32.6 Å². The molecule has 0 saturated carbocycles. The average molecular weight is 214 g/mol. The second-order valence-corrected chi connectivity index (χ2v) is 4.01. The molecule has 0 aliphatic heterocycles. The van der Waals surface area contributed by atoms with Crippen LogP contribution in [0.3, 0.4) is 0 Å². The molecular formula is C12H26N2O. The van der Waals surface area contributed by atoms with Crippen LogP contribution in [0.1, 0.15) is 58.3 Å². The number of nitrogens with two attached hydrogens (primary N) is 1. The van der Waals surface area contributed by atoms with Gasteiger partial charge in [0.1, 0.15) is 0 Å². The summed E-state index contributed by atoms with van der Waals surface area (Å²) >= 11 is 0. The Hall–Kier alpha value is -0.570. The van der Waals surface area contributed by atoms with Gasteiger partial charge in [0.05, 0.1) is 0 Å². The predicted octanol–water partition coefficient (Wildman–Crippen LogP) is 2.20. The van der Waals surface area contributed by atoms with Gasteiger partial charge in [-0.3, -0.25) is 4.79 Å². The quantitative estimate of drug-likeness (QED) is 0.548. The van der Waals surface area contributed by atoms with Gasteiger partial charge in [0, 0.05) is 13.0 Å². The topological polar surface area (TPSA) is 55.1 Å². The number of nitrogens with one attached hydrogen (secondary N) is 1. The van der Waals surface area contributed by atoms with Crippen molar-refractivity contribution in [2.24, 2.45) is 5.73 Å². The molecule has 1 amide bonds. The summed E-state index contributed by atoms with van der Waals surface area (Å²) in [5.74, 6) is 0.198. The summed E-state index contributed by atoms with van der Waals surface area (Å²) in [4.78, 5) is 11.3. The van der Waals surface area contributed by atoms with E-state index in [1.54, 1.807) is 0 Å². The van der Waals surface area contributed by atoms with E-state index in [4.69, 9.17) is 5.73 Å². The smallest absolute Gasteiger partial charge is 0.219 e. The maximum absolute atomic E-state index is 11.3. The van der Waals surface area contributed by atoms with E-state index in [0.29, 0.717) is 13.0 Å². The lowest BCUT2D eigenvalue weighted by molar-refractivity contribution is -0.121. The van der Waals surface area contributed by atoms with E-state index >= 15 is 0 Å². The fourth-order valence-electron chi connectivity index (χ4n) is 1.47. The normalized spacial score (nSPS) is 10.3. The number of amides is 1. The molecule has 0 aromatic rings. The van der Waals surface area contributed by atoms with Crippen LogP contribution in [0.15, 0.2) is 0 Å². The Labute approximate surface area is 93.8 Å². The molecule has 0 fully saturated rings. The van der Waals surface area contributed by atoms with Crippen LogP contribution in [0.5, 0.6) is 0 Å². The molecule has 0 spiro atoms. The molecule has 0 aromatic carbocycles. The Morgan fingerprint density at radius 2 is 1.80 bits per heavy atom. The highest BCUT2D eigenvalue weighted by Crippen LogP contribution is 2.04. The molecule has 0 unspecified atom stereocenters. The summed E-state index contributed by atoms with van der Waals surface area (Å²) in [5, 5.41) is 2.91. The van der Waals surface area contributed by atoms with Crippen molar-refractivity contribution in [2.75, 3.05) is 13.1 Å². The third-order valence-corrected chi connectivity index (χ3v) is 2.46. The van der Waals surface area contributed by atoms with Crippen molar-refractivity contribution in [3.8, 4) is 0 Å². The zero-order valence-electron chi connectivity index (χ0n) is 10.1. The molecule has 3 heteroatoms. The maximum Gasteiger partial charge on any atom is 0.219 e. The molecule has 15 heavy (non-hydrogen) atoms. The minimum Gasteiger partial charge on any atom is -0.356 e. The van der Waals surface area contributed by atoms with Crippen molar-refractivity contribution in [3.63, 3.8) is 0 Å². The summed E-state index contributed by atoms with van der Waals surface area (Å²) in [5.41, 5.74) is 5.36. The molecule has 0 radical (unpaired) electrons. The first-order valence-electron chi connectivity index (χ1n) is 6.28. The Kier molecular flexibility index (Phi) is 11.1. The van der Waals surface area contributed by atoms with Crippen LogP contribution in [-0.2, 0) is 4.79 Å². The van der Waals surface area contributed by atoms with Crippen LogP contribution in [0, 0.1) is 0 Å². The standard InChI is InChI=1S/C12H26N2O/c1-2-3-4-5-6-9-12(15)14-11-8-7-10-13/h2-11,13H2,1H3,(H,14,15). The monoisotopic (exact) mass is 214 g/mol. The van der Waals surface area contributed by atoms with E-state index in [-0.39, 0.29) is 5.91 Å². The first-order valence-corrected chi connectivity index (χ1v) is 6.28. The highest BCUT2D eigenvalue weighted by atomic mass is 16.1. The zero-order valence-corrected chi connectivity index (χ0v) is 10.1. The summed E-state index contributed by atoms with van der Waals surface area (Å²) in [6.07, 6.45) is 8.70. The minimum absolute atomic E-state index is 0.198. The fraction of sp³-hybridized carbons (Fsp3) is 0.917. The molecule has 90 valence electrons. The number of carbonyl (C=O) groups is 1. The van der Waals surface area contributed by atoms with Crippen LogP contribution >= 0.6 is 0 Å². The molecule has 0 aliphatic rings. The second kappa shape index (κ2) is 11.5. The number of carbonyl (C=O) groups excluding carboxylic acids is 1. The van der Waals surface area contributed by atoms with Gasteiger partial charge in [-0.15, -0.1) is 0 Å². The summed E-state index contributed by atoms with van der Waals surface area (Å²) in [6.45, 7) is 3.70. The number of unbranched alkanes of at least 4 members (excludes halogenated alkanes) is 5. The molecule has 0 bridgehead atoms. The van der Waals surface area contributed by atoms with E-state index in [1.165, 1.54) is 25.7 Å². The molecule has 0 aromatic heterocycles. The first-order chi connectivity index (χ1) is 7.31. The van der Waals surface area contributed by atoms with E-state index in [1.807, 2.05) is 0 Å². The highest BCUT2D eigenvalue weighted by molar-refractivity contribution is 5.75. The summed E-state index contributed by atoms with van der Waals surface area (Å²) in [6, 6.07) is 0. The molecule has 0 rings (SSSR count). The van der Waals surface area contributed by atoms with E-state index in [0.717, 1.165) is 25.8 Å². The lowest BCUT2D eigenvalue weighted by Gasteiger charge is -2.04. The van der Waals surface area contributed by atoms with Gasteiger partial charge in [-0.2, -0.15) is 0 Å². The molecule has 0 atom stereocenters. The largest absolute Gasteiger partial charge is 0.356 e. The van der Waals surface area contributed by atoms with Gasteiger partial charge < -0.3 is 11.1 Å². The van der Waals surface area contributed by atoms with Crippen LogP contribution in [0.2, 0.25) is 0 Å². The van der Waals surface area contributed by atoms with Crippen LogP contribution in [0.25, 0.3) is 0 Å². The first kappa shape index (κ1) is 14.4. The van der Waals surface area contributed by atoms with Gasteiger partial charge in [-0.05, 0) is 25.8 Å². The Morgan fingerprint density at radius 3 is 2.47 bits per heavy atom. The molecular weight excluding hydrogens is 188 g/mol. The maximum atomic E-state index is 11.3. The van der Waals surface area contributed by atoms with Gasteiger partial charge in [0.15, 0.2) is 0 Å². The second-order valence-electron chi connectivity index (χ2n) is 4.01. The van der Waals surface area contributed by atoms with E-state index in [2.05, 4.69) is 12.2 Å². The third kappa shape index (κ3) is 11.4. The minimum atomic E-state index is 0.198. The SMILES string of the molecule is CCCCCCCC(=O)NCCCCN. The summed E-state index contributed by atoms with van der Waals surface area (Å²) < 4.78 is 0. The molecule has 0 heterocycles. The zero-order chi connectivity index (χ0) is 11.4. The van der Waals surface area contributed by atoms with Crippen LogP contribution in [0.4, 0.5) is 0 Å². The van der Waals surface area contributed by atoms with Crippen LogP contribution in [-0.4, -0.2) is 19.0 Å². The number of rotatable bonds is 10. The van der Waals surface area contributed by atoms with Crippen molar-refractivity contribution in [3.05, 3.63) is 0 Å². The van der Waals surface area contributed by atoms with E-state index in [9.17, 15) is 4.79 Å². The van der Waals surface area contributed by atoms with E-state index < -0.39 is 0 Å². The number of hydrogen-bond donors (Lipinski definition) is 2. The lowest BCUT2D eigenvalue weighted by atomic mass is 10.1. The highest BCUT2D eigenvalue weighted by Gasteiger charge is 1.99. The lowest BCUT2D eigenvalue weighted by Crippen LogP contribution is -2.24. The molecule has 3 N–H and O–H groups in total. The van der Waals surface area contributed by atoms with Crippen molar-refractivity contribution >= 4 is 5.91 Å². The summed E-state index contributed by atoms with van der Waals surface area (Å²) in [7, 11) is 0.